The lowest BCUT2D eigenvalue weighted by Gasteiger charge is -2.14. The molecule has 0 radical (unpaired) electrons. The number of rotatable bonds is 9. The van der Waals surface area contributed by atoms with E-state index in [0.717, 1.165) is 44.6 Å². The Labute approximate surface area is 118 Å². The summed E-state index contributed by atoms with van der Waals surface area (Å²) < 4.78 is 0. The number of aryl methyl sites for hydroxylation is 3. The first-order valence-corrected chi connectivity index (χ1v) is 7.84. The zero-order valence-corrected chi connectivity index (χ0v) is 13.1. The fourth-order valence-electron chi connectivity index (χ4n) is 2.35. The summed E-state index contributed by atoms with van der Waals surface area (Å²) in [5.74, 6) is 1.04. The van der Waals surface area contributed by atoms with Crippen LogP contribution < -0.4 is 5.32 Å². The molecule has 1 aromatic heterocycles. The molecule has 108 valence electrons. The van der Waals surface area contributed by atoms with Crippen LogP contribution in [0.3, 0.4) is 0 Å². The standard InChI is InChI=1S/C16H29N3/c1-5-9-10-16-18-14(6-2)13(11-12-17-8-4)15(7-3)19-16/h17H,5-12H2,1-4H3. The van der Waals surface area contributed by atoms with Crippen LogP contribution in [0.1, 0.15) is 63.3 Å². The van der Waals surface area contributed by atoms with E-state index in [4.69, 9.17) is 9.97 Å². The molecule has 0 aliphatic heterocycles. The second kappa shape index (κ2) is 9.03. The van der Waals surface area contributed by atoms with Crippen LogP contribution >= 0.6 is 0 Å². The van der Waals surface area contributed by atoms with Crippen LogP contribution in [-0.2, 0) is 25.7 Å². The van der Waals surface area contributed by atoms with E-state index < -0.39 is 0 Å². The minimum absolute atomic E-state index is 1.01. The Hall–Kier alpha value is -0.960. The van der Waals surface area contributed by atoms with Crippen molar-refractivity contribution in [3.8, 4) is 0 Å². The number of aromatic nitrogens is 2. The van der Waals surface area contributed by atoms with Crippen molar-refractivity contribution in [2.45, 2.75) is 66.2 Å². The van der Waals surface area contributed by atoms with Gasteiger partial charge in [-0.3, -0.25) is 0 Å². The molecule has 0 amide bonds. The van der Waals surface area contributed by atoms with Crippen LogP contribution in [0.25, 0.3) is 0 Å². The molecular formula is C16H29N3. The van der Waals surface area contributed by atoms with Gasteiger partial charge in [-0.25, -0.2) is 9.97 Å². The monoisotopic (exact) mass is 263 g/mol. The Morgan fingerprint density at radius 1 is 0.895 bits per heavy atom. The van der Waals surface area contributed by atoms with E-state index in [0.29, 0.717) is 0 Å². The Kier molecular flexibility index (Phi) is 7.65. The average molecular weight is 263 g/mol. The predicted molar refractivity (Wildman–Crippen MR) is 81.6 cm³/mol. The molecule has 1 N–H and O–H groups in total. The molecule has 0 aliphatic rings. The van der Waals surface area contributed by atoms with Crippen molar-refractivity contribution in [1.82, 2.24) is 15.3 Å². The van der Waals surface area contributed by atoms with Crippen molar-refractivity contribution in [2.24, 2.45) is 0 Å². The first-order chi connectivity index (χ1) is 9.26. The average Bonchev–Trinajstić information content (AvgIpc) is 2.45. The van der Waals surface area contributed by atoms with Gasteiger partial charge in [0, 0.05) is 17.8 Å². The SMILES string of the molecule is CCCCc1nc(CC)c(CCNCC)c(CC)n1. The molecule has 0 saturated heterocycles. The maximum atomic E-state index is 4.78. The van der Waals surface area contributed by atoms with Gasteiger partial charge in [0.05, 0.1) is 0 Å². The third-order valence-electron chi connectivity index (χ3n) is 3.45. The van der Waals surface area contributed by atoms with E-state index in [1.165, 1.54) is 29.8 Å². The van der Waals surface area contributed by atoms with Crippen molar-refractivity contribution >= 4 is 0 Å². The maximum absolute atomic E-state index is 4.78. The molecule has 0 atom stereocenters. The van der Waals surface area contributed by atoms with Crippen molar-refractivity contribution in [2.75, 3.05) is 13.1 Å². The second-order valence-corrected chi connectivity index (χ2v) is 4.93. The summed E-state index contributed by atoms with van der Waals surface area (Å²) >= 11 is 0. The number of hydrogen-bond donors (Lipinski definition) is 1. The van der Waals surface area contributed by atoms with Crippen LogP contribution in [0.4, 0.5) is 0 Å². The van der Waals surface area contributed by atoms with Crippen LogP contribution in [0.2, 0.25) is 0 Å². The molecule has 1 aromatic rings. The summed E-state index contributed by atoms with van der Waals surface area (Å²) in [6.07, 6.45) is 6.47. The summed E-state index contributed by atoms with van der Waals surface area (Å²) in [4.78, 5) is 9.55. The Morgan fingerprint density at radius 3 is 2.00 bits per heavy atom. The van der Waals surface area contributed by atoms with Gasteiger partial charge >= 0.3 is 0 Å². The van der Waals surface area contributed by atoms with E-state index in [9.17, 15) is 0 Å². The summed E-state index contributed by atoms with van der Waals surface area (Å²) in [7, 11) is 0. The van der Waals surface area contributed by atoms with E-state index >= 15 is 0 Å². The van der Waals surface area contributed by atoms with Gasteiger partial charge in [-0.05, 0) is 44.3 Å². The van der Waals surface area contributed by atoms with Gasteiger partial charge < -0.3 is 5.32 Å². The first kappa shape index (κ1) is 16.1. The Bertz CT molecular complexity index is 349. The fraction of sp³-hybridized carbons (Fsp3) is 0.750. The van der Waals surface area contributed by atoms with E-state index in [-0.39, 0.29) is 0 Å². The van der Waals surface area contributed by atoms with Gasteiger partial charge in [0.15, 0.2) is 0 Å². The quantitative estimate of drug-likeness (QED) is 0.696. The molecule has 0 unspecified atom stereocenters. The highest BCUT2D eigenvalue weighted by Gasteiger charge is 2.11. The molecule has 0 aliphatic carbocycles. The van der Waals surface area contributed by atoms with Gasteiger partial charge in [0.1, 0.15) is 5.82 Å². The lowest BCUT2D eigenvalue weighted by Crippen LogP contribution is -2.19. The summed E-state index contributed by atoms with van der Waals surface area (Å²) in [5.41, 5.74) is 3.90. The van der Waals surface area contributed by atoms with Crippen molar-refractivity contribution < 1.29 is 0 Å². The zero-order chi connectivity index (χ0) is 14.1. The van der Waals surface area contributed by atoms with E-state index in [2.05, 4.69) is 33.0 Å². The second-order valence-electron chi connectivity index (χ2n) is 4.93. The minimum atomic E-state index is 1.01. The predicted octanol–water partition coefficient (Wildman–Crippen LogP) is 3.10. The molecule has 1 rings (SSSR count). The maximum Gasteiger partial charge on any atom is 0.128 e. The fourth-order valence-corrected chi connectivity index (χ4v) is 2.35. The molecule has 1 heterocycles. The minimum Gasteiger partial charge on any atom is -0.317 e. The number of nitrogens with one attached hydrogen (secondary N) is 1. The molecule has 0 bridgehead atoms. The number of nitrogens with zero attached hydrogens (tertiary/aromatic N) is 2. The third kappa shape index (κ3) is 4.90. The van der Waals surface area contributed by atoms with Crippen molar-refractivity contribution in [1.29, 1.82) is 0 Å². The van der Waals surface area contributed by atoms with Crippen molar-refractivity contribution in [3.05, 3.63) is 22.8 Å². The normalized spacial score (nSPS) is 10.9. The van der Waals surface area contributed by atoms with Gasteiger partial charge in [-0.15, -0.1) is 0 Å². The molecule has 0 aromatic carbocycles. The zero-order valence-electron chi connectivity index (χ0n) is 13.1. The van der Waals surface area contributed by atoms with Crippen LogP contribution in [0.15, 0.2) is 0 Å². The van der Waals surface area contributed by atoms with Crippen LogP contribution in [-0.4, -0.2) is 23.1 Å². The number of unbranched alkanes of at least 4 members (excludes halogenated alkanes) is 1. The molecule has 19 heavy (non-hydrogen) atoms. The first-order valence-electron chi connectivity index (χ1n) is 7.84. The third-order valence-corrected chi connectivity index (χ3v) is 3.45. The smallest absolute Gasteiger partial charge is 0.128 e. The topological polar surface area (TPSA) is 37.8 Å². The summed E-state index contributed by atoms with van der Waals surface area (Å²) in [6.45, 7) is 10.8. The molecule has 0 spiro atoms. The highest BCUT2D eigenvalue weighted by molar-refractivity contribution is 5.27. The largest absolute Gasteiger partial charge is 0.317 e. The molecule has 3 heteroatoms. The number of hydrogen-bond acceptors (Lipinski definition) is 3. The number of likely N-dealkylation sites (N-methyl/N-ethyl adjacent to an activating group) is 1. The lowest BCUT2D eigenvalue weighted by molar-refractivity contribution is 0.687. The highest BCUT2D eigenvalue weighted by Crippen LogP contribution is 2.15. The molecule has 0 fully saturated rings. The van der Waals surface area contributed by atoms with Crippen LogP contribution in [0.5, 0.6) is 0 Å². The van der Waals surface area contributed by atoms with Crippen molar-refractivity contribution in [3.63, 3.8) is 0 Å². The van der Waals surface area contributed by atoms with Crippen LogP contribution in [0, 0.1) is 0 Å². The summed E-state index contributed by atoms with van der Waals surface area (Å²) in [6, 6.07) is 0. The Balaban J connectivity index is 2.93. The molecular weight excluding hydrogens is 234 g/mol. The Morgan fingerprint density at radius 2 is 1.53 bits per heavy atom. The molecule has 3 nitrogen and oxygen atoms in total. The van der Waals surface area contributed by atoms with Gasteiger partial charge in [-0.1, -0.05) is 34.1 Å². The van der Waals surface area contributed by atoms with E-state index in [1.807, 2.05) is 0 Å². The van der Waals surface area contributed by atoms with E-state index in [1.54, 1.807) is 0 Å². The van der Waals surface area contributed by atoms with Gasteiger partial charge in [-0.2, -0.15) is 0 Å². The lowest BCUT2D eigenvalue weighted by atomic mass is 10.0. The van der Waals surface area contributed by atoms with Gasteiger partial charge in [0.25, 0.3) is 0 Å². The molecule has 0 saturated carbocycles. The summed E-state index contributed by atoms with van der Waals surface area (Å²) in [5, 5.41) is 3.39. The highest BCUT2D eigenvalue weighted by atomic mass is 14.9. The van der Waals surface area contributed by atoms with Gasteiger partial charge in [0.2, 0.25) is 0 Å².